The lowest BCUT2D eigenvalue weighted by atomic mass is 10.1. The number of fused-ring (bicyclic) bond motifs is 1. The lowest BCUT2D eigenvalue weighted by Crippen LogP contribution is -2.45. The molecular weight excluding hydrogens is 300 g/mol. The molecule has 4 nitrogen and oxygen atoms in total. The van der Waals surface area contributed by atoms with Gasteiger partial charge in [-0.15, -0.1) is 0 Å². The molecule has 0 radical (unpaired) electrons. The summed E-state index contributed by atoms with van der Waals surface area (Å²) < 4.78 is 5.89. The smallest absolute Gasteiger partial charge is 0.326 e. The predicted octanol–water partition coefficient (Wildman–Crippen LogP) is 4.55. The van der Waals surface area contributed by atoms with E-state index in [1.807, 2.05) is 37.3 Å². The molecule has 0 saturated heterocycles. The van der Waals surface area contributed by atoms with Crippen molar-refractivity contribution in [1.82, 2.24) is 0 Å². The summed E-state index contributed by atoms with van der Waals surface area (Å²) in [6, 6.07) is 14.5. The topological polar surface area (TPSA) is 41.6 Å². The molecule has 0 fully saturated rings. The molecule has 5 heteroatoms. The average molecular weight is 317 g/mol. The number of nitrogens with zero attached hydrogens (tertiary/aromatic N) is 1. The van der Waals surface area contributed by atoms with Crippen LogP contribution in [0, 0.1) is 0 Å². The van der Waals surface area contributed by atoms with Crippen LogP contribution in [0.1, 0.15) is 13.3 Å². The number of hydrogen-bond acceptors (Lipinski definition) is 2. The highest BCUT2D eigenvalue weighted by Gasteiger charge is 2.28. The maximum atomic E-state index is 12.6. The van der Waals surface area contributed by atoms with Gasteiger partial charge in [0.1, 0.15) is 11.9 Å². The highest BCUT2D eigenvalue weighted by molar-refractivity contribution is 6.30. The van der Waals surface area contributed by atoms with Gasteiger partial charge in [-0.3, -0.25) is 4.90 Å². The van der Waals surface area contributed by atoms with Crippen LogP contribution in [-0.2, 0) is 0 Å². The van der Waals surface area contributed by atoms with Gasteiger partial charge in [-0.25, -0.2) is 4.79 Å². The molecule has 2 aromatic carbocycles. The van der Waals surface area contributed by atoms with Gasteiger partial charge in [0.25, 0.3) is 0 Å². The fourth-order valence-corrected chi connectivity index (χ4v) is 2.65. The first kappa shape index (κ1) is 14.7. The summed E-state index contributed by atoms with van der Waals surface area (Å²) in [5, 5.41) is 3.47. The Balaban J connectivity index is 1.85. The number of benzene rings is 2. The van der Waals surface area contributed by atoms with E-state index in [-0.39, 0.29) is 12.1 Å². The summed E-state index contributed by atoms with van der Waals surface area (Å²) in [5.41, 5.74) is 1.46. The molecule has 1 aliphatic heterocycles. The van der Waals surface area contributed by atoms with Gasteiger partial charge in [0, 0.05) is 10.7 Å². The van der Waals surface area contributed by atoms with E-state index in [2.05, 4.69) is 5.32 Å². The molecule has 22 heavy (non-hydrogen) atoms. The maximum absolute atomic E-state index is 12.6. The Morgan fingerprint density at radius 3 is 2.91 bits per heavy atom. The minimum Gasteiger partial charge on any atom is -0.486 e. The molecule has 1 unspecified atom stereocenters. The standard InChI is InChI=1S/C17H17ClN2O2/c1-2-14-11-20(15-8-3-4-9-16(15)22-14)17(21)19-13-7-5-6-12(18)10-13/h3-10,14H,2,11H2,1H3,(H,19,21). The molecule has 1 heterocycles. The number of para-hydroxylation sites is 2. The quantitative estimate of drug-likeness (QED) is 0.883. The SMILES string of the molecule is CCC1CN(C(=O)Nc2cccc(Cl)c2)c2ccccc2O1. The van der Waals surface area contributed by atoms with Crippen molar-refractivity contribution < 1.29 is 9.53 Å². The normalized spacial score (nSPS) is 16.6. The number of urea groups is 1. The fraction of sp³-hybridized carbons (Fsp3) is 0.235. The van der Waals surface area contributed by atoms with Gasteiger partial charge in [0.2, 0.25) is 0 Å². The molecule has 1 aliphatic rings. The number of ether oxygens (including phenoxy) is 1. The minimum atomic E-state index is -0.184. The van der Waals surface area contributed by atoms with Gasteiger partial charge in [0.05, 0.1) is 12.2 Å². The van der Waals surface area contributed by atoms with E-state index in [4.69, 9.17) is 16.3 Å². The lowest BCUT2D eigenvalue weighted by Gasteiger charge is -2.34. The fourth-order valence-electron chi connectivity index (χ4n) is 2.46. The van der Waals surface area contributed by atoms with Crippen molar-refractivity contribution in [1.29, 1.82) is 0 Å². The van der Waals surface area contributed by atoms with E-state index in [0.29, 0.717) is 17.3 Å². The lowest BCUT2D eigenvalue weighted by molar-refractivity contribution is 0.188. The summed E-state index contributed by atoms with van der Waals surface area (Å²) >= 11 is 5.96. The van der Waals surface area contributed by atoms with Crippen molar-refractivity contribution in [3.63, 3.8) is 0 Å². The number of amides is 2. The van der Waals surface area contributed by atoms with E-state index in [0.717, 1.165) is 17.9 Å². The Morgan fingerprint density at radius 1 is 1.32 bits per heavy atom. The van der Waals surface area contributed by atoms with Crippen LogP contribution in [-0.4, -0.2) is 18.7 Å². The van der Waals surface area contributed by atoms with E-state index >= 15 is 0 Å². The molecule has 1 N–H and O–H groups in total. The largest absolute Gasteiger partial charge is 0.486 e. The van der Waals surface area contributed by atoms with Crippen LogP contribution < -0.4 is 15.0 Å². The van der Waals surface area contributed by atoms with E-state index in [1.54, 1.807) is 23.1 Å². The molecular formula is C17H17ClN2O2. The third kappa shape index (κ3) is 3.02. The van der Waals surface area contributed by atoms with Crippen molar-refractivity contribution >= 4 is 29.0 Å². The van der Waals surface area contributed by atoms with Crippen molar-refractivity contribution in [2.24, 2.45) is 0 Å². The highest BCUT2D eigenvalue weighted by Crippen LogP contribution is 2.34. The van der Waals surface area contributed by atoms with Crippen LogP contribution in [0.25, 0.3) is 0 Å². The van der Waals surface area contributed by atoms with Crippen LogP contribution in [0.3, 0.4) is 0 Å². The van der Waals surface area contributed by atoms with Gasteiger partial charge < -0.3 is 10.1 Å². The minimum absolute atomic E-state index is 0.0000105. The molecule has 2 amide bonds. The number of nitrogens with one attached hydrogen (secondary N) is 1. The van der Waals surface area contributed by atoms with Gasteiger partial charge in [0.15, 0.2) is 0 Å². The zero-order valence-corrected chi connectivity index (χ0v) is 13.0. The van der Waals surface area contributed by atoms with Crippen molar-refractivity contribution in [3.8, 4) is 5.75 Å². The zero-order chi connectivity index (χ0) is 15.5. The van der Waals surface area contributed by atoms with Crippen molar-refractivity contribution in [2.45, 2.75) is 19.4 Å². The van der Waals surface area contributed by atoms with Gasteiger partial charge >= 0.3 is 6.03 Å². The van der Waals surface area contributed by atoms with Crippen LogP contribution >= 0.6 is 11.6 Å². The molecule has 2 aromatic rings. The Hall–Kier alpha value is -2.20. The number of carbonyl (C=O) groups is 1. The molecule has 0 aliphatic carbocycles. The summed E-state index contributed by atoms with van der Waals surface area (Å²) in [7, 11) is 0. The molecule has 114 valence electrons. The van der Waals surface area contributed by atoms with Crippen LogP contribution in [0.5, 0.6) is 5.75 Å². The molecule has 0 spiro atoms. The third-order valence-corrected chi connectivity index (χ3v) is 3.85. The number of anilines is 2. The Morgan fingerprint density at radius 2 is 2.14 bits per heavy atom. The first-order valence-corrected chi connectivity index (χ1v) is 7.65. The summed E-state index contributed by atoms with van der Waals surface area (Å²) in [4.78, 5) is 14.3. The zero-order valence-electron chi connectivity index (χ0n) is 12.3. The van der Waals surface area contributed by atoms with E-state index in [1.165, 1.54) is 0 Å². The second kappa shape index (κ2) is 6.28. The number of rotatable bonds is 2. The Labute approximate surface area is 134 Å². The second-order valence-corrected chi connectivity index (χ2v) is 5.60. The van der Waals surface area contributed by atoms with Crippen LogP contribution in [0.15, 0.2) is 48.5 Å². The number of hydrogen-bond donors (Lipinski definition) is 1. The van der Waals surface area contributed by atoms with Gasteiger partial charge in [-0.05, 0) is 36.8 Å². The molecule has 0 bridgehead atoms. The summed E-state index contributed by atoms with van der Waals surface area (Å²) in [6.45, 7) is 2.57. The van der Waals surface area contributed by atoms with Crippen LogP contribution in [0.2, 0.25) is 5.02 Å². The molecule has 0 aromatic heterocycles. The third-order valence-electron chi connectivity index (χ3n) is 3.61. The van der Waals surface area contributed by atoms with E-state index < -0.39 is 0 Å². The van der Waals surface area contributed by atoms with Crippen molar-refractivity contribution in [3.05, 3.63) is 53.6 Å². The van der Waals surface area contributed by atoms with Gasteiger partial charge in [-0.2, -0.15) is 0 Å². The maximum Gasteiger partial charge on any atom is 0.326 e. The molecule has 3 rings (SSSR count). The number of carbonyl (C=O) groups excluding carboxylic acids is 1. The average Bonchev–Trinajstić information content (AvgIpc) is 2.53. The molecule has 1 atom stereocenters. The first-order valence-electron chi connectivity index (χ1n) is 7.27. The first-order chi connectivity index (χ1) is 10.7. The molecule has 0 saturated carbocycles. The van der Waals surface area contributed by atoms with Crippen LogP contribution in [0.4, 0.5) is 16.2 Å². The summed E-state index contributed by atoms with van der Waals surface area (Å²) in [5.74, 6) is 0.738. The number of halogens is 1. The van der Waals surface area contributed by atoms with Gasteiger partial charge in [-0.1, -0.05) is 36.7 Å². The summed E-state index contributed by atoms with van der Waals surface area (Å²) in [6.07, 6.45) is 0.843. The van der Waals surface area contributed by atoms with Crippen molar-refractivity contribution in [2.75, 3.05) is 16.8 Å². The highest BCUT2D eigenvalue weighted by atomic mass is 35.5. The Kier molecular flexibility index (Phi) is 4.20. The monoisotopic (exact) mass is 316 g/mol. The Bertz CT molecular complexity index is 690. The predicted molar refractivity (Wildman–Crippen MR) is 89.0 cm³/mol. The van der Waals surface area contributed by atoms with E-state index in [9.17, 15) is 4.79 Å². The second-order valence-electron chi connectivity index (χ2n) is 5.17.